The number of alkyl halides is 3. The molecule has 1 aromatic heterocycles. The average Bonchev–Trinajstić information content (AvgIpc) is 2.73. The Morgan fingerprint density at radius 3 is 2.44 bits per heavy atom. The van der Waals surface area contributed by atoms with Crippen molar-refractivity contribution in [3.63, 3.8) is 0 Å². The van der Waals surface area contributed by atoms with E-state index in [1.807, 2.05) is 13.8 Å². The van der Waals surface area contributed by atoms with Crippen molar-refractivity contribution in [1.29, 1.82) is 0 Å². The van der Waals surface area contributed by atoms with Gasteiger partial charge in [0.1, 0.15) is 43.3 Å². The van der Waals surface area contributed by atoms with Gasteiger partial charge in [0.2, 0.25) is 11.2 Å². The van der Waals surface area contributed by atoms with E-state index in [1.165, 1.54) is 12.1 Å². The van der Waals surface area contributed by atoms with Gasteiger partial charge in [-0.15, -0.1) is 0 Å². The molecule has 1 aliphatic rings. The maximum Gasteiger partial charge on any atom is 0.453 e. The number of quaternary nitrogens is 1. The van der Waals surface area contributed by atoms with Crippen molar-refractivity contribution in [3.8, 4) is 17.2 Å². The Hall–Kier alpha value is -3.04. The van der Waals surface area contributed by atoms with Gasteiger partial charge in [-0.3, -0.25) is 4.79 Å². The van der Waals surface area contributed by atoms with E-state index in [2.05, 4.69) is 0 Å². The number of morpholine rings is 1. The van der Waals surface area contributed by atoms with Gasteiger partial charge in [0.25, 0.3) is 5.76 Å². The van der Waals surface area contributed by atoms with Crippen molar-refractivity contribution < 1.29 is 37.1 Å². The lowest BCUT2D eigenvalue weighted by atomic mass is 10.1. The van der Waals surface area contributed by atoms with Crippen LogP contribution in [0.4, 0.5) is 13.2 Å². The molecule has 0 radical (unpaired) electrons. The van der Waals surface area contributed by atoms with Gasteiger partial charge in [0, 0.05) is 0 Å². The Morgan fingerprint density at radius 2 is 1.79 bits per heavy atom. The number of ether oxygens (including phenoxy) is 2. The number of nitrogens with one attached hydrogen (secondary N) is 1. The Bertz CT molecular complexity index is 1270. The normalized spacial score (nSPS) is 21.1. The molecule has 4 rings (SSSR count). The highest BCUT2D eigenvalue weighted by atomic mass is 19.4. The van der Waals surface area contributed by atoms with Crippen molar-refractivity contribution in [2.24, 2.45) is 0 Å². The first-order valence-electron chi connectivity index (χ1n) is 11.1. The van der Waals surface area contributed by atoms with Gasteiger partial charge in [-0.05, 0) is 57.0 Å². The quantitative estimate of drug-likeness (QED) is 0.590. The summed E-state index contributed by atoms with van der Waals surface area (Å²) in [6.07, 6.45) is -5.09. The molecule has 3 aromatic rings. The van der Waals surface area contributed by atoms with Crippen LogP contribution >= 0.6 is 0 Å². The summed E-state index contributed by atoms with van der Waals surface area (Å²) in [5, 5.41) is 10.4. The number of phenols is 1. The SMILES string of the molecule is Cc1ccc(C)c(Oc2c(C(F)(F)F)oc3c(C[NH+]4CC(C)OC(C)C4)c(O)ccc3c2=O)c1. The van der Waals surface area contributed by atoms with Gasteiger partial charge in [-0.1, -0.05) is 12.1 Å². The molecule has 0 spiro atoms. The first-order chi connectivity index (χ1) is 15.9. The minimum atomic E-state index is -4.99. The number of aromatic hydroxyl groups is 1. The zero-order chi connectivity index (χ0) is 24.8. The van der Waals surface area contributed by atoms with Crippen LogP contribution in [0.2, 0.25) is 0 Å². The average molecular weight is 478 g/mol. The summed E-state index contributed by atoms with van der Waals surface area (Å²) in [5.41, 5.74) is 0.251. The van der Waals surface area contributed by atoms with E-state index in [0.717, 1.165) is 10.5 Å². The molecular formula is C25H27F3NO5+. The van der Waals surface area contributed by atoms with Gasteiger partial charge >= 0.3 is 6.18 Å². The topological polar surface area (TPSA) is 73.3 Å². The number of phenolic OH excluding ortho intramolecular Hbond substituents is 1. The molecule has 0 amide bonds. The Balaban J connectivity index is 1.87. The molecule has 9 heteroatoms. The zero-order valence-corrected chi connectivity index (χ0v) is 19.4. The van der Waals surface area contributed by atoms with Gasteiger partial charge in [-0.25, -0.2) is 0 Å². The number of hydrogen-bond acceptors (Lipinski definition) is 5. The van der Waals surface area contributed by atoms with E-state index in [1.54, 1.807) is 32.0 Å². The monoisotopic (exact) mass is 478 g/mol. The van der Waals surface area contributed by atoms with Crippen molar-refractivity contribution in [1.82, 2.24) is 0 Å². The molecule has 6 nitrogen and oxygen atoms in total. The van der Waals surface area contributed by atoms with E-state index in [4.69, 9.17) is 13.9 Å². The number of hydrogen-bond donors (Lipinski definition) is 2. The number of halogens is 3. The number of fused-ring (bicyclic) bond motifs is 1. The molecule has 2 unspecified atom stereocenters. The molecule has 1 saturated heterocycles. The summed E-state index contributed by atoms with van der Waals surface area (Å²) in [6, 6.07) is 7.61. The molecule has 1 aliphatic heterocycles. The minimum Gasteiger partial charge on any atom is -0.507 e. The third-order valence-electron chi connectivity index (χ3n) is 5.95. The largest absolute Gasteiger partial charge is 0.507 e. The summed E-state index contributed by atoms with van der Waals surface area (Å²) in [6.45, 7) is 8.65. The van der Waals surface area contributed by atoms with Crippen molar-refractivity contribution in [3.05, 3.63) is 63.0 Å². The van der Waals surface area contributed by atoms with E-state index in [9.17, 15) is 23.1 Å². The minimum absolute atomic E-state index is 0.0498. The maximum absolute atomic E-state index is 14.0. The molecule has 0 bridgehead atoms. The summed E-state index contributed by atoms with van der Waals surface area (Å²) in [4.78, 5) is 14.3. The van der Waals surface area contributed by atoms with Crippen LogP contribution in [0.5, 0.6) is 17.2 Å². The van der Waals surface area contributed by atoms with E-state index >= 15 is 0 Å². The number of benzene rings is 2. The van der Waals surface area contributed by atoms with Crippen LogP contribution in [0.1, 0.15) is 36.3 Å². The number of aryl methyl sites for hydroxylation is 2. The van der Waals surface area contributed by atoms with Crippen molar-refractivity contribution in [2.45, 2.75) is 52.6 Å². The fourth-order valence-corrected chi connectivity index (χ4v) is 4.45. The predicted molar refractivity (Wildman–Crippen MR) is 120 cm³/mol. The second-order valence-corrected chi connectivity index (χ2v) is 8.99. The van der Waals surface area contributed by atoms with Crippen LogP contribution in [-0.2, 0) is 17.5 Å². The van der Waals surface area contributed by atoms with E-state index in [-0.39, 0.29) is 46.8 Å². The second kappa shape index (κ2) is 8.96. The summed E-state index contributed by atoms with van der Waals surface area (Å²) >= 11 is 0. The summed E-state index contributed by atoms with van der Waals surface area (Å²) < 4.78 is 58.7. The molecule has 0 aliphatic carbocycles. The molecule has 0 saturated carbocycles. The lowest BCUT2D eigenvalue weighted by molar-refractivity contribution is -0.928. The third-order valence-corrected chi connectivity index (χ3v) is 5.95. The summed E-state index contributed by atoms with van der Waals surface area (Å²) in [5.74, 6) is -2.55. The third kappa shape index (κ3) is 4.76. The fourth-order valence-electron chi connectivity index (χ4n) is 4.45. The second-order valence-electron chi connectivity index (χ2n) is 8.99. The fraction of sp³-hybridized carbons (Fsp3) is 0.400. The lowest BCUT2D eigenvalue weighted by Crippen LogP contribution is -3.14. The van der Waals surface area contributed by atoms with E-state index < -0.39 is 23.1 Å². The van der Waals surface area contributed by atoms with Gasteiger partial charge in [-0.2, -0.15) is 13.2 Å². The van der Waals surface area contributed by atoms with E-state index in [0.29, 0.717) is 18.7 Å². The van der Waals surface area contributed by atoms with Gasteiger partial charge in [0.15, 0.2) is 5.58 Å². The van der Waals surface area contributed by atoms with Crippen LogP contribution in [0.3, 0.4) is 0 Å². The maximum atomic E-state index is 14.0. The van der Waals surface area contributed by atoms with Gasteiger partial charge < -0.3 is 23.9 Å². The molecule has 2 aromatic carbocycles. The predicted octanol–water partition coefficient (Wildman–Crippen LogP) is 4.12. The van der Waals surface area contributed by atoms with Crippen LogP contribution in [0.25, 0.3) is 11.0 Å². The van der Waals surface area contributed by atoms with Gasteiger partial charge in [0.05, 0.1) is 10.9 Å². The highest BCUT2D eigenvalue weighted by Gasteiger charge is 2.41. The smallest absolute Gasteiger partial charge is 0.453 e. The highest BCUT2D eigenvalue weighted by molar-refractivity contribution is 5.83. The zero-order valence-electron chi connectivity index (χ0n) is 19.4. The Morgan fingerprint density at radius 1 is 1.12 bits per heavy atom. The van der Waals surface area contributed by atoms with Crippen molar-refractivity contribution in [2.75, 3.05) is 13.1 Å². The first-order valence-corrected chi connectivity index (χ1v) is 11.1. The molecule has 2 heterocycles. The van der Waals surface area contributed by atoms with Crippen LogP contribution < -0.4 is 15.1 Å². The Labute approximate surface area is 194 Å². The standard InChI is InChI=1S/C25H26F3NO5/c1-13-5-6-14(2)20(9-13)33-23-21(31)17-7-8-19(30)18(22(17)34-24(23)25(26,27)28)12-29-10-15(3)32-16(4)11-29/h5-9,15-16,30H,10-12H2,1-4H3/p+1. The molecule has 182 valence electrons. The molecule has 34 heavy (non-hydrogen) atoms. The molecule has 1 fully saturated rings. The van der Waals surface area contributed by atoms with Crippen molar-refractivity contribution >= 4 is 11.0 Å². The summed E-state index contributed by atoms with van der Waals surface area (Å²) in [7, 11) is 0. The van der Waals surface area contributed by atoms with Crippen LogP contribution in [0.15, 0.2) is 39.5 Å². The molecule has 2 atom stereocenters. The molecule has 2 N–H and O–H groups in total. The highest BCUT2D eigenvalue weighted by Crippen LogP contribution is 2.40. The number of rotatable bonds is 4. The lowest BCUT2D eigenvalue weighted by Gasteiger charge is -2.32. The Kier molecular flexibility index (Phi) is 6.35. The van der Waals surface area contributed by atoms with Crippen LogP contribution in [0, 0.1) is 13.8 Å². The van der Waals surface area contributed by atoms with Crippen LogP contribution in [-0.4, -0.2) is 30.4 Å². The first kappa shape index (κ1) is 24.1. The molecular weight excluding hydrogens is 451 g/mol.